The zero-order chi connectivity index (χ0) is 40.0. The van der Waals surface area contributed by atoms with Crippen LogP contribution in [0.5, 0.6) is 0 Å². The molecule has 0 aliphatic heterocycles. The first-order chi connectivity index (χ1) is 26.1. The van der Waals surface area contributed by atoms with Gasteiger partial charge in [-0.05, 0) is 12.8 Å². The van der Waals surface area contributed by atoms with Crippen LogP contribution in [0.3, 0.4) is 0 Å². The van der Waals surface area contributed by atoms with E-state index in [1.54, 1.807) is 21.1 Å². The molecule has 320 valence electrons. The van der Waals surface area contributed by atoms with Crippen LogP contribution in [0.2, 0.25) is 0 Å². The largest absolute Gasteiger partial charge is 0.544 e. The van der Waals surface area contributed by atoms with Gasteiger partial charge in [0, 0.05) is 19.3 Å². The molecule has 0 aliphatic carbocycles. The van der Waals surface area contributed by atoms with Gasteiger partial charge >= 0.3 is 11.9 Å². The number of carbonyl (C=O) groups is 3. The lowest BCUT2D eigenvalue weighted by molar-refractivity contribution is -0.889. The van der Waals surface area contributed by atoms with Crippen molar-refractivity contribution in [2.45, 2.75) is 238 Å². The summed E-state index contributed by atoms with van der Waals surface area (Å²) in [5.41, 5.74) is 0. The number of carboxylic acids is 1. The highest BCUT2D eigenvalue weighted by Gasteiger charge is 2.25. The van der Waals surface area contributed by atoms with Gasteiger partial charge < -0.3 is 28.6 Å². The zero-order valence-corrected chi connectivity index (χ0v) is 36.4. The Morgan fingerprint density at radius 2 is 0.815 bits per heavy atom. The van der Waals surface area contributed by atoms with Gasteiger partial charge in [-0.15, -0.1) is 0 Å². The van der Waals surface area contributed by atoms with Crippen molar-refractivity contribution < 1.29 is 38.2 Å². The molecule has 0 fully saturated rings. The zero-order valence-electron chi connectivity index (χ0n) is 36.4. The Hall–Kier alpha value is -1.67. The molecule has 0 aliphatic rings. The summed E-state index contributed by atoms with van der Waals surface area (Å²) in [6.45, 7) is 4.69. The molecule has 0 heterocycles. The van der Waals surface area contributed by atoms with Crippen molar-refractivity contribution in [3.8, 4) is 0 Å². The number of hydrogen-bond acceptors (Lipinski definition) is 7. The molecule has 54 heavy (non-hydrogen) atoms. The molecule has 8 heteroatoms. The number of aliphatic carboxylic acids is 1. The van der Waals surface area contributed by atoms with E-state index >= 15 is 0 Å². The first-order valence-electron chi connectivity index (χ1n) is 23.1. The quantitative estimate of drug-likeness (QED) is 0.0346. The number of rotatable bonds is 42. The molecule has 0 rings (SSSR count). The molecule has 0 N–H and O–H groups in total. The van der Waals surface area contributed by atoms with Crippen LogP contribution in [0.15, 0.2) is 0 Å². The predicted octanol–water partition coefficient (Wildman–Crippen LogP) is 11.2. The lowest BCUT2D eigenvalue weighted by atomic mass is 10.0. The van der Waals surface area contributed by atoms with Crippen molar-refractivity contribution in [2.24, 2.45) is 0 Å². The highest BCUT2D eigenvalue weighted by molar-refractivity contribution is 5.70. The predicted molar refractivity (Wildman–Crippen MR) is 222 cm³/mol. The highest BCUT2D eigenvalue weighted by atomic mass is 16.6. The third-order valence-corrected chi connectivity index (χ3v) is 10.7. The summed E-state index contributed by atoms with van der Waals surface area (Å²) in [6.07, 6.45) is 38.4. The third-order valence-electron chi connectivity index (χ3n) is 10.7. The van der Waals surface area contributed by atoms with E-state index in [0.717, 1.165) is 38.5 Å². The van der Waals surface area contributed by atoms with Gasteiger partial charge in [-0.2, -0.15) is 0 Å². The SMILES string of the molecule is CCCCCCCCCCCCCCCCCCCCCC(=O)OC(COCCC(C(=O)[O-])[N+](C)(C)C)COC(=O)CCCCCCCCCCCCC. The molecule has 0 radical (unpaired) electrons. The van der Waals surface area contributed by atoms with Crippen molar-refractivity contribution in [1.29, 1.82) is 0 Å². The van der Waals surface area contributed by atoms with Gasteiger partial charge in [0.1, 0.15) is 12.6 Å². The summed E-state index contributed by atoms with van der Waals surface area (Å²) >= 11 is 0. The smallest absolute Gasteiger partial charge is 0.306 e. The van der Waals surface area contributed by atoms with E-state index in [1.165, 1.54) is 154 Å². The minimum atomic E-state index is -1.12. The summed E-state index contributed by atoms with van der Waals surface area (Å²) in [6, 6.07) is -0.719. The third kappa shape index (κ3) is 36.0. The molecule has 0 aromatic rings. The number of hydrogen-bond donors (Lipinski definition) is 0. The second-order valence-electron chi connectivity index (χ2n) is 17.0. The van der Waals surface area contributed by atoms with E-state index in [1.807, 2.05) is 0 Å². The fraction of sp³-hybridized carbons (Fsp3) is 0.935. The minimum absolute atomic E-state index is 0.0492. The first kappa shape index (κ1) is 52.3. The van der Waals surface area contributed by atoms with Crippen LogP contribution in [-0.2, 0) is 28.6 Å². The van der Waals surface area contributed by atoms with E-state index in [9.17, 15) is 19.5 Å². The molecular formula is C46H89NO7. The Labute approximate surface area is 334 Å². The fourth-order valence-corrected chi connectivity index (χ4v) is 7.13. The van der Waals surface area contributed by atoms with Crippen LogP contribution in [0.1, 0.15) is 226 Å². The molecule has 0 spiro atoms. The molecule has 2 unspecified atom stereocenters. The molecule has 8 nitrogen and oxygen atoms in total. The molecule has 0 aromatic carbocycles. The minimum Gasteiger partial charge on any atom is -0.544 e. The number of esters is 2. The number of likely N-dealkylation sites (N-methyl/N-ethyl adjacent to an activating group) is 1. The standard InChI is InChI=1S/C46H89NO7/c1-6-8-10-12-14-16-18-19-20-21-22-23-24-25-27-29-31-33-35-37-45(49)54-42(40-52-39-38-43(46(50)51)47(3,4)5)41-53-44(48)36-34-32-30-28-26-17-15-13-11-9-7-2/h42-43H,6-41H2,1-5H3. The van der Waals surface area contributed by atoms with Crippen molar-refractivity contribution in [3.63, 3.8) is 0 Å². The molecule has 0 saturated heterocycles. The lowest BCUT2D eigenvalue weighted by Crippen LogP contribution is -2.55. The van der Waals surface area contributed by atoms with Crippen molar-refractivity contribution in [1.82, 2.24) is 0 Å². The van der Waals surface area contributed by atoms with Gasteiger partial charge in [-0.3, -0.25) is 9.59 Å². The molecule has 2 atom stereocenters. The van der Waals surface area contributed by atoms with Gasteiger partial charge in [0.05, 0.1) is 40.3 Å². The van der Waals surface area contributed by atoms with Gasteiger partial charge in [-0.25, -0.2) is 0 Å². The second kappa shape index (κ2) is 38.2. The van der Waals surface area contributed by atoms with E-state index in [0.29, 0.717) is 12.8 Å². The summed E-state index contributed by atoms with van der Waals surface area (Å²) < 4.78 is 17.2. The lowest BCUT2D eigenvalue weighted by Gasteiger charge is -2.34. The highest BCUT2D eigenvalue weighted by Crippen LogP contribution is 2.16. The van der Waals surface area contributed by atoms with Gasteiger partial charge in [0.15, 0.2) is 6.10 Å². The van der Waals surface area contributed by atoms with E-state index < -0.39 is 18.1 Å². The van der Waals surface area contributed by atoms with E-state index in [-0.39, 0.29) is 42.7 Å². The summed E-state index contributed by atoms with van der Waals surface area (Å²) in [5.74, 6) is -1.71. The molecule has 0 aromatic heterocycles. The number of unbranched alkanes of at least 4 members (excludes halogenated alkanes) is 28. The van der Waals surface area contributed by atoms with Crippen LogP contribution in [-0.4, -0.2) is 75.5 Å². The van der Waals surface area contributed by atoms with E-state index in [2.05, 4.69) is 13.8 Å². The van der Waals surface area contributed by atoms with Gasteiger partial charge in [0.2, 0.25) is 0 Å². The van der Waals surface area contributed by atoms with Crippen LogP contribution in [0.4, 0.5) is 0 Å². The van der Waals surface area contributed by atoms with Crippen LogP contribution >= 0.6 is 0 Å². The van der Waals surface area contributed by atoms with Gasteiger partial charge in [-0.1, -0.05) is 194 Å². The average Bonchev–Trinajstić information content (AvgIpc) is 3.12. The number of quaternary nitrogens is 1. The van der Waals surface area contributed by atoms with Crippen LogP contribution < -0.4 is 5.11 Å². The maximum absolute atomic E-state index is 12.7. The monoisotopic (exact) mass is 768 g/mol. The average molecular weight is 768 g/mol. The summed E-state index contributed by atoms with van der Waals surface area (Å²) in [5, 5.41) is 11.6. The van der Waals surface area contributed by atoms with Crippen molar-refractivity contribution in [3.05, 3.63) is 0 Å². The topological polar surface area (TPSA) is 102 Å². The molecule has 0 bridgehead atoms. The maximum Gasteiger partial charge on any atom is 0.306 e. The first-order valence-corrected chi connectivity index (χ1v) is 23.1. The Morgan fingerprint density at radius 1 is 0.481 bits per heavy atom. The second-order valence-corrected chi connectivity index (χ2v) is 17.0. The summed E-state index contributed by atoms with van der Waals surface area (Å²) in [4.78, 5) is 36.8. The van der Waals surface area contributed by atoms with Crippen molar-refractivity contribution >= 4 is 17.9 Å². The van der Waals surface area contributed by atoms with E-state index in [4.69, 9.17) is 14.2 Å². The van der Waals surface area contributed by atoms with Crippen molar-refractivity contribution in [2.75, 3.05) is 41.0 Å². The maximum atomic E-state index is 12.7. The number of nitrogens with zero attached hydrogens (tertiary/aromatic N) is 1. The Morgan fingerprint density at radius 3 is 1.15 bits per heavy atom. The number of carbonyl (C=O) groups excluding carboxylic acids is 3. The van der Waals surface area contributed by atoms with Crippen LogP contribution in [0.25, 0.3) is 0 Å². The summed E-state index contributed by atoms with van der Waals surface area (Å²) in [7, 11) is 5.42. The molecule has 0 saturated carbocycles. The molecule has 0 amide bonds. The fourth-order valence-electron chi connectivity index (χ4n) is 7.13. The Kier molecular flexibility index (Phi) is 37.0. The number of carboxylic acid groups (broad SMARTS) is 1. The molecular weight excluding hydrogens is 679 g/mol. The Balaban J connectivity index is 4.22. The number of ether oxygens (including phenoxy) is 3. The van der Waals surface area contributed by atoms with Gasteiger partial charge in [0.25, 0.3) is 0 Å². The normalized spacial score (nSPS) is 12.8. The Bertz CT molecular complexity index is 858. The van der Waals surface area contributed by atoms with Crippen LogP contribution in [0, 0.1) is 0 Å².